The molecule has 0 aromatic carbocycles. The van der Waals surface area contributed by atoms with Gasteiger partial charge in [-0.05, 0) is 18.8 Å². The van der Waals surface area contributed by atoms with Crippen LogP contribution in [0.5, 0.6) is 0 Å². The van der Waals surface area contributed by atoms with Crippen LogP contribution in [0.2, 0.25) is 0 Å². The van der Waals surface area contributed by atoms with E-state index in [-0.39, 0.29) is 12.3 Å². The second kappa shape index (κ2) is 4.03. The van der Waals surface area contributed by atoms with Crippen molar-refractivity contribution in [3.8, 4) is 0 Å². The van der Waals surface area contributed by atoms with Crippen LogP contribution in [0.4, 0.5) is 8.78 Å². The zero-order chi connectivity index (χ0) is 9.07. The standard InChI is InChI=1S/C9H18F2/c1-5-8(7(2)3)6-9(4,10)11/h7-8H,5-6H2,1-4H3. The Kier molecular flexibility index (Phi) is 3.98. The third-order valence-corrected chi connectivity index (χ3v) is 2.09. The predicted molar refractivity (Wildman–Crippen MR) is 43.9 cm³/mol. The quantitative estimate of drug-likeness (QED) is 0.594. The summed E-state index contributed by atoms with van der Waals surface area (Å²) in [5.41, 5.74) is 0. The molecule has 0 rings (SSSR count). The molecule has 0 spiro atoms. The summed E-state index contributed by atoms with van der Waals surface area (Å²) < 4.78 is 25.0. The van der Waals surface area contributed by atoms with Crippen molar-refractivity contribution in [3.63, 3.8) is 0 Å². The molecule has 68 valence electrons. The van der Waals surface area contributed by atoms with Gasteiger partial charge in [-0.25, -0.2) is 8.78 Å². The number of rotatable bonds is 4. The zero-order valence-corrected chi connectivity index (χ0v) is 7.82. The third kappa shape index (κ3) is 5.16. The fraction of sp³-hybridized carbons (Fsp3) is 1.00. The van der Waals surface area contributed by atoms with Gasteiger partial charge in [0.25, 0.3) is 0 Å². The molecular formula is C9H18F2. The lowest BCUT2D eigenvalue weighted by molar-refractivity contribution is -0.0107. The summed E-state index contributed by atoms with van der Waals surface area (Å²) in [5.74, 6) is -1.97. The Labute approximate surface area is 68.0 Å². The Balaban J connectivity index is 3.88. The molecule has 0 nitrogen and oxygen atoms in total. The fourth-order valence-electron chi connectivity index (χ4n) is 1.31. The Morgan fingerprint density at radius 1 is 1.27 bits per heavy atom. The first-order valence-corrected chi connectivity index (χ1v) is 4.24. The Bertz CT molecular complexity index is 103. The van der Waals surface area contributed by atoms with Crippen LogP contribution >= 0.6 is 0 Å². The van der Waals surface area contributed by atoms with Gasteiger partial charge in [-0.2, -0.15) is 0 Å². The average molecular weight is 164 g/mol. The molecule has 0 heterocycles. The second-order valence-corrected chi connectivity index (χ2v) is 3.69. The summed E-state index contributed by atoms with van der Waals surface area (Å²) in [6.07, 6.45) is 0.877. The summed E-state index contributed by atoms with van der Waals surface area (Å²) in [4.78, 5) is 0. The lowest BCUT2D eigenvalue weighted by Gasteiger charge is -2.22. The van der Waals surface area contributed by atoms with Crippen molar-refractivity contribution in [2.45, 2.75) is 46.5 Å². The van der Waals surface area contributed by atoms with Crippen LogP contribution in [0, 0.1) is 11.8 Å². The number of hydrogen-bond donors (Lipinski definition) is 0. The van der Waals surface area contributed by atoms with Gasteiger partial charge in [-0.1, -0.05) is 27.2 Å². The lowest BCUT2D eigenvalue weighted by Crippen LogP contribution is -2.19. The molecule has 0 aliphatic rings. The summed E-state index contributed by atoms with van der Waals surface area (Å²) >= 11 is 0. The van der Waals surface area contributed by atoms with E-state index in [1.54, 1.807) is 0 Å². The molecule has 0 radical (unpaired) electrons. The van der Waals surface area contributed by atoms with Crippen molar-refractivity contribution in [2.75, 3.05) is 0 Å². The highest BCUT2D eigenvalue weighted by Crippen LogP contribution is 2.29. The van der Waals surface area contributed by atoms with Crippen molar-refractivity contribution in [1.82, 2.24) is 0 Å². The third-order valence-electron chi connectivity index (χ3n) is 2.09. The molecule has 0 aromatic rings. The van der Waals surface area contributed by atoms with Crippen LogP contribution in [0.25, 0.3) is 0 Å². The summed E-state index contributed by atoms with van der Waals surface area (Å²) in [6.45, 7) is 6.97. The minimum absolute atomic E-state index is 0.0289. The topological polar surface area (TPSA) is 0 Å². The van der Waals surface area contributed by atoms with E-state index in [2.05, 4.69) is 0 Å². The van der Waals surface area contributed by atoms with Crippen LogP contribution in [0.3, 0.4) is 0 Å². The summed E-state index contributed by atoms with van der Waals surface area (Å²) in [7, 11) is 0. The van der Waals surface area contributed by atoms with E-state index >= 15 is 0 Å². The van der Waals surface area contributed by atoms with Crippen molar-refractivity contribution in [3.05, 3.63) is 0 Å². The monoisotopic (exact) mass is 164 g/mol. The highest BCUT2D eigenvalue weighted by molar-refractivity contribution is 4.68. The van der Waals surface area contributed by atoms with Gasteiger partial charge in [0.2, 0.25) is 5.92 Å². The van der Waals surface area contributed by atoms with Crippen molar-refractivity contribution < 1.29 is 8.78 Å². The van der Waals surface area contributed by atoms with Gasteiger partial charge in [0.05, 0.1) is 0 Å². The molecule has 11 heavy (non-hydrogen) atoms. The van der Waals surface area contributed by atoms with E-state index in [4.69, 9.17) is 0 Å². The van der Waals surface area contributed by atoms with Crippen LogP contribution in [0.15, 0.2) is 0 Å². The molecule has 0 saturated heterocycles. The van der Waals surface area contributed by atoms with Gasteiger partial charge in [-0.3, -0.25) is 0 Å². The molecule has 0 saturated carbocycles. The molecule has 0 fully saturated rings. The van der Waals surface area contributed by atoms with Gasteiger partial charge in [0.1, 0.15) is 0 Å². The Morgan fingerprint density at radius 2 is 1.73 bits per heavy atom. The smallest absolute Gasteiger partial charge is 0.207 e. The first-order valence-electron chi connectivity index (χ1n) is 4.24. The first kappa shape index (κ1) is 10.9. The van der Waals surface area contributed by atoms with Gasteiger partial charge >= 0.3 is 0 Å². The molecular weight excluding hydrogens is 146 g/mol. The molecule has 0 aliphatic carbocycles. The predicted octanol–water partition coefficient (Wildman–Crippen LogP) is 3.71. The molecule has 0 aromatic heterocycles. The van der Waals surface area contributed by atoms with E-state index in [1.165, 1.54) is 0 Å². The zero-order valence-electron chi connectivity index (χ0n) is 7.82. The van der Waals surface area contributed by atoms with Crippen molar-refractivity contribution in [1.29, 1.82) is 0 Å². The van der Waals surface area contributed by atoms with E-state index in [0.717, 1.165) is 13.3 Å². The Morgan fingerprint density at radius 3 is 1.82 bits per heavy atom. The maximum absolute atomic E-state index is 12.5. The molecule has 0 N–H and O–H groups in total. The van der Waals surface area contributed by atoms with Gasteiger partial charge < -0.3 is 0 Å². The van der Waals surface area contributed by atoms with Gasteiger partial charge in [0.15, 0.2) is 0 Å². The van der Waals surface area contributed by atoms with Crippen LogP contribution < -0.4 is 0 Å². The average Bonchev–Trinajstić information content (AvgIpc) is 1.80. The van der Waals surface area contributed by atoms with E-state index in [0.29, 0.717) is 5.92 Å². The van der Waals surface area contributed by atoms with Crippen molar-refractivity contribution >= 4 is 0 Å². The number of alkyl halides is 2. The molecule has 1 atom stereocenters. The van der Waals surface area contributed by atoms with E-state index in [1.807, 2.05) is 20.8 Å². The van der Waals surface area contributed by atoms with Crippen LogP contribution in [-0.4, -0.2) is 5.92 Å². The highest BCUT2D eigenvalue weighted by atomic mass is 19.3. The first-order chi connectivity index (χ1) is 4.87. The molecule has 0 amide bonds. The fourth-order valence-corrected chi connectivity index (χ4v) is 1.31. The number of halogens is 2. The Hall–Kier alpha value is -0.140. The molecule has 1 unspecified atom stereocenters. The minimum atomic E-state index is -2.50. The lowest BCUT2D eigenvalue weighted by atomic mass is 9.88. The minimum Gasteiger partial charge on any atom is -0.207 e. The van der Waals surface area contributed by atoms with Crippen LogP contribution in [-0.2, 0) is 0 Å². The second-order valence-electron chi connectivity index (χ2n) is 3.69. The highest BCUT2D eigenvalue weighted by Gasteiger charge is 2.27. The molecule has 2 heteroatoms. The van der Waals surface area contributed by atoms with Gasteiger partial charge in [0, 0.05) is 6.42 Å². The number of hydrogen-bond acceptors (Lipinski definition) is 0. The normalized spacial score (nSPS) is 15.5. The van der Waals surface area contributed by atoms with E-state index in [9.17, 15) is 8.78 Å². The van der Waals surface area contributed by atoms with Crippen molar-refractivity contribution in [2.24, 2.45) is 11.8 Å². The summed E-state index contributed by atoms with van der Waals surface area (Å²) in [6, 6.07) is 0. The maximum Gasteiger partial charge on any atom is 0.245 e. The largest absolute Gasteiger partial charge is 0.245 e. The van der Waals surface area contributed by atoms with Gasteiger partial charge in [-0.15, -0.1) is 0 Å². The maximum atomic E-state index is 12.5. The molecule has 0 aliphatic heterocycles. The molecule has 0 bridgehead atoms. The summed E-state index contributed by atoms with van der Waals surface area (Å²) in [5, 5.41) is 0. The van der Waals surface area contributed by atoms with Crippen LogP contribution in [0.1, 0.15) is 40.5 Å². The SMILES string of the molecule is CCC(CC(C)(F)F)C(C)C. The van der Waals surface area contributed by atoms with E-state index < -0.39 is 5.92 Å².